The van der Waals surface area contributed by atoms with Gasteiger partial charge in [-0.1, -0.05) is 60.7 Å². The van der Waals surface area contributed by atoms with Crippen LogP contribution in [0.4, 0.5) is 4.79 Å². The predicted octanol–water partition coefficient (Wildman–Crippen LogP) is 3.32. The Kier molecular flexibility index (Phi) is 4.39. The second-order valence-corrected chi connectivity index (χ2v) is 5.52. The van der Waals surface area contributed by atoms with Gasteiger partial charge in [0.1, 0.15) is 6.10 Å². The van der Waals surface area contributed by atoms with Crippen molar-refractivity contribution in [1.82, 2.24) is 10.4 Å². The van der Waals surface area contributed by atoms with E-state index in [1.165, 1.54) is 5.56 Å². The third-order valence-corrected chi connectivity index (χ3v) is 4.01. The van der Waals surface area contributed by atoms with Gasteiger partial charge in [0.15, 0.2) is 0 Å². The van der Waals surface area contributed by atoms with Crippen LogP contribution >= 0.6 is 0 Å². The van der Waals surface area contributed by atoms with Gasteiger partial charge < -0.3 is 4.74 Å². The third kappa shape index (κ3) is 3.28. The van der Waals surface area contributed by atoms with Crippen LogP contribution in [0.15, 0.2) is 60.7 Å². The molecule has 0 spiro atoms. The molecule has 2 aromatic carbocycles. The normalized spacial score (nSPS) is 22.0. The molecule has 22 heavy (non-hydrogen) atoms. The van der Waals surface area contributed by atoms with Crippen molar-refractivity contribution in [2.75, 3.05) is 6.54 Å². The minimum atomic E-state index is -0.389. The van der Waals surface area contributed by atoms with Crippen LogP contribution in [0, 0.1) is 0 Å². The monoisotopic (exact) mass is 296 g/mol. The number of hydrogen-bond donors (Lipinski definition) is 1. The number of benzene rings is 2. The molecule has 4 nitrogen and oxygen atoms in total. The molecule has 3 rings (SSSR count). The van der Waals surface area contributed by atoms with Crippen molar-refractivity contribution in [3.63, 3.8) is 0 Å². The molecule has 0 aromatic heterocycles. The van der Waals surface area contributed by atoms with Crippen LogP contribution in [0.5, 0.6) is 0 Å². The Bertz CT molecular complexity index is 615. The molecular weight excluding hydrogens is 276 g/mol. The molecule has 2 aromatic rings. The van der Waals surface area contributed by atoms with E-state index in [-0.39, 0.29) is 18.2 Å². The summed E-state index contributed by atoms with van der Waals surface area (Å²) in [6.07, 6.45) is 0.248. The van der Waals surface area contributed by atoms with E-state index in [0.717, 1.165) is 18.5 Å². The molecule has 0 saturated carbocycles. The van der Waals surface area contributed by atoms with Gasteiger partial charge in [-0.25, -0.2) is 9.80 Å². The smallest absolute Gasteiger partial charge is 0.422 e. The van der Waals surface area contributed by atoms with Crippen LogP contribution in [-0.4, -0.2) is 23.7 Å². The minimum Gasteiger partial charge on any atom is -0.439 e. The van der Waals surface area contributed by atoms with Crippen molar-refractivity contribution < 1.29 is 9.53 Å². The standard InChI is InChI=1S/C18H20N2O2/c1-14-17(16-10-6-3-7-11-16)22-18(21)19-20(14)13-12-15-8-4-2-5-9-15/h2-11,14,17H,12-13H2,1H3,(H,19,21)/t14-,17-/m0/s1. The summed E-state index contributed by atoms with van der Waals surface area (Å²) in [7, 11) is 0. The lowest BCUT2D eigenvalue weighted by molar-refractivity contribution is -0.0373. The number of hydrazine groups is 1. The fraction of sp³-hybridized carbons (Fsp3) is 0.278. The molecule has 2 atom stereocenters. The molecule has 1 aliphatic rings. The molecule has 0 aliphatic carbocycles. The number of hydrogen-bond acceptors (Lipinski definition) is 3. The maximum Gasteiger partial charge on any atom is 0.422 e. The first kappa shape index (κ1) is 14.6. The average molecular weight is 296 g/mol. The van der Waals surface area contributed by atoms with Gasteiger partial charge in [-0.2, -0.15) is 0 Å². The van der Waals surface area contributed by atoms with Gasteiger partial charge in [-0.15, -0.1) is 0 Å². The van der Waals surface area contributed by atoms with Crippen molar-refractivity contribution in [1.29, 1.82) is 0 Å². The molecule has 1 saturated heterocycles. The van der Waals surface area contributed by atoms with Crippen LogP contribution in [0.2, 0.25) is 0 Å². The maximum absolute atomic E-state index is 11.8. The highest BCUT2D eigenvalue weighted by atomic mass is 16.6. The quantitative estimate of drug-likeness (QED) is 0.941. The second-order valence-electron chi connectivity index (χ2n) is 5.52. The molecule has 1 N–H and O–H groups in total. The van der Waals surface area contributed by atoms with Gasteiger partial charge in [-0.05, 0) is 24.5 Å². The molecule has 114 valence electrons. The Morgan fingerprint density at radius 1 is 1.05 bits per heavy atom. The molecule has 1 aliphatic heterocycles. The highest BCUT2D eigenvalue weighted by Crippen LogP contribution is 2.27. The summed E-state index contributed by atoms with van der Waals surface area (Å²) < 4.78 is 5.48. The first-order valence-corrected chi connectivity index (χ1v) is 7.57. The van der Waals surface area contributed by atoms with Crippen LogP contribution in [0.3, 0.4) is 0 Å². The van der Waals surface area contributed by atoms with Gasteiger partial charge in [0.2, 0.25) is 0 Å². The molecule has 1 amide bonds. The number of nitrogens with zero attached hydrogens (tertiary/aromatic N) is 1. The van der Waals surface area contributed by atoms with Gasteiger partial charge >= 0.3 is 6.09 Å². The van der Waals surface area contributed by atoms with E-state index in [1.807, 2.05) is 53.5 Å². The van der Waals surface area contributed by atoms with Crippen LogP contribution in [0.1, 0.15) is 24.2 Å². The van der Waals surface area contributed by atoms with Gasteiger partial charge in [0.25, 0.3) is 0 Å². The molecule has 0 bridgehead atoms. The zero-order valence-electron chi connectivity index (χ0n) is 12.6. The number of ether oxygens (including phenoxy) is 1. The molecule has 0 radical (unpaired) electrons. The summed E-state index contributed by atoms with van der Waals surface area (Å²) in [6.45, 7) is 2.83. The van der Waals surface area contributed by atoms with E-state index in [2.05, 4.69) is 24.5 Å². The second kappa shape index (κ2) is 6.62. The third-order valence-electron chi connectivity index (χ3n) is 4.01. The van der Waals surface area contributed by atoms with E-state index in [9.17, 15) is 4.79 Å². The zero-order valence-corrected chi connectivity index (χ0v) is 12.6. The highest BCUT2D eigenvalue weighted by molar-refractivity contribution is 5.67. The molecule has 4 heteroatoms. The fourth-order valence-electron chi connectivity index (χ4n) is 2.77. The molecule has 1 fully saturated rings. The van der Waals surface area contributed by atoms with Gasteiger partial charge in [0.05, 0.1) is 6.04 Å². The number of carbonyl (C=O) groups is 1. The van der Waals surface area contributed by atoms with E-state index in [0.29, 0.717) is 0 Å². The van der Waals surface area contributed by atoms with Crippen molar-refractivity contribution >= 4 is 6.09 Å². The minimum absolute atomic E-state index is 0.0730. The molecule has 1 heterocycles. The van der Waals surface area contributed by atoms with Crippen molar-refractivity contribution in [2.24, 2.45) is 0 Å². The van der Waals surface area contributed by atoms with Crippen molar-refractivity contribution in [3.8, 4) is 0 Å². The largest absolute Gasteiger partial charge is 0.439 e. The number of cyclic esters (lactones) is 1. The van der Waals surface area contributed by atoms with Crippen molar-refractivity contribution in [3.05, 3.63) is 71.8 Å². The lowest BCUT2D eigenvalue weighted by Crippen LogP contribution is -2.56. The highest BCUT2D eigenvalue weighted by Gasteiger charge is 2.34. The predicted molar refractivity (Wildman–Crippen MR) is 85.1 cm³/mol. The molecule has 0 unspecified atom stereocenters. The summed E-state index contributed by atoms with van der Waals surface area (Å²) in [5.74, 6) is 0. The van der Waals surface area contributed by atoms with E-state index in [1.54, 1.807) is 0 Å². The van der Waals surface area contributed by atoms with Crippen molar-refractivity contribution in [2.45, 2.75) is 25.5 Å². The number of amides is 1. The fourth-order valence-corrected chi connectivity index (χ4v) is 2.77. The number of nitrogens with one attached hydrogen (secondary N) is 1. The SMILES string of the molecule is C[C@H]1[C@@H](c2ccccc2)OC(=O)NN1CCc1ccccc1. The van der Waals surface area contributed by atoms with Crippen LogP contribution in [-0.2, 0) is 11.2 Å². The maximum atomic E-state index is 11.8. The van der Waals surface area contributed by atoms with E-state index >= 15 is 0 Å². The Morgan fingerprint density at radius 3 is 2.36 bits per heavy atom. The summed E-state index contributed by atoms with van der Waals surface area (Å²) >= 11 is 0. The number of carbonyl (C=O) groups excluding carboxylic acids is 1. The Hall–Kier alpha value is -2.33. The summed E-state index contributed by atoms with van der Waals surface area (Å²) in [5.41, 5.74) is 5.09. The topological polar surface area (TPSA) is 41.6 Å². The van der Waals surface area contributed by atoms with Gasteiger partial charge in [-0.3, -0.25) is 5.43 Å². The summed E-state index contributed by atoms with van der Waals surface area (Å²) in [5, 5.41) is 1.97. The zero-order chi connectivity index (χ0) is 15.4. The average Bonchev–Trinajstić information content (AvgIpc) is 2.57. The summed E-state index contributed by atoms with van der Waals surface area (Å²) in [4.78, 5) is 11.8. The number of rotatable bonds is 4. The van der Waals surface area contributed by atoms with E-state index < -0.39 is 0 Å². The first-order valence-electron chi connectivity index (χ1n) is 7.57. The Balaban J connectivity index is 1.70. The Labute approximate surface area is 130 Å². The Morgan fingerprint density at radius 2 is 1.68 bits per heavy atom. The lowest BCUT2D eigenvalue weighted by Gasteiger charge is -2.39. The summed E-state index contributed by atoms with van der Waals surface area (Å²) in [6, 6.07) is 20.2. The van der Waals surface area contributed by atoms with Gasteiger partial charge in [0, 0.05) is 6.54 Å². The first-order chi connectivity index (χ1) is 10.7. The molecular formula is C18H20N2O2. The van der Waals surface area contributed by atoms with E-state index in [4.69, 9.17) is 4.74 Å². The van der Waals surface area contributed by atoms with Crippen LogP contribution < -0.4 is 5.43 Å². The van der Waals surface area contributed by atoms with Crippen LogP contribution in [0.25, 0.3) is 0 Å². The lowest BCUT2D eigenvalue weighted by atomic mass is 10.0.